The molecule has 0 atom stereocenters. The van der Waals surface area contributed by atoms with Gasteiger partial charge in [-0.3, -0.25) is 0 Å². The molecule has 1 aromatic heterocycles. The van der Waals surface area contributed by atoms with E-state index in [1.165, 1.54) is 0 Å². The van der Waals surface area contributed by atoms with E-state index in [2.05, 4.69) is 48.1 Å². The first-order valence-corrected chi connectivity index (χ1v) is 6.90. The van der Waals surface area contributed by atoms with E-state index in [0.29, 0.717) is 0 Å². The van der Waals surface area contributed by atoms with Crippen LogP contribution >= 0.6 is 11.8 Å². The van der Waals surface area contributed by atoms with Crippen molar-refractivity contribution in [3.05, 3.63) is 12.4 Å². The monoisotopic (exact) mass is 254 g/mol. The number of hydrogen-bond donors (Lipinski definition) is 1. The summed E-state index contributed by atoms with van der Waals surface area (Å²) < 4.78 is 0. The Kier molecular flexibility index (Phi) is 5.21. The van der Waals surface area contributed by atoms with E-state index in [4.69, 9.17) is 0 Å². The summed E-state index contributed by atoms with van der Waals surface area (Å²) in [7, 11) is 4.19. The van der Waals surface area contributed by atoms with Gasteiger partial charge in [0.15, 0.2) is 0 Å². The predicted molar refractivity (Wildman–Crippen MR) is 74.6 cm³/mol. The standard InChI is InChI=1S/C12H22N4S/c1-12(2,8-16(3)4)7-13-10-6-11(17-5)15-9-14-10/h6,9H,7-8H2,1-5H3,(H,13,14,15). The lowest BCUT2D eigenvalue weighted by Crippen LogP contribution is -2.34. The molecule has 0 aliphatic rings. The van der Waals surface area contributed by atoms with Crippen LogP contribution in [0.25, 0.3) is 0 Å². The van der Waals surface area contributed by atoms with Crippen molar-refractivity contribution >= 4 is 17.6 Å². The van der Waals surface area contributed by atoms with Crippen LogP contribution in [-0.2, 0) is 0 Å². The van der Waals surface area contributed by atoms with Crippen LogP contribution < -0.4 is 5.32 Å². The molecule has 0 saturated carbocycles. The summed E-state index contributed by atoms with van der Waals surface area (Å²) in [4.78, 5) is 10.6. The lowest BCUT2D eigenvalue weighted by atomic mass is 9.93. The number of thioether (sulfide) groups is 1. The highest BCUT2D eigenvalue weighted by molar-refractivity contribution is 7.98. The second kappa shape index (κ2) is 6.21. The van der Waals surface area contributed by atoms with E-state index in [0.717, 1.165) is 23.9 Å². The van der Waals surface area contributed by atoms with Crippen molar-refractivity contribution in [1.29, 1.82) is 0 Å². The highest BCUT2D eigenvalue weighted by Gasteiger charge is 2.18. The van der Waals surface area contributed by atoms with Gasteiger partial charge in [0.25, 0.3) is 0 Å². The molecule has 17 heavy (non-hydrogen) atoms. The highest BCUT2D eigenvalue weighted by atomic mass is 32.2. The minimum Gasteiger partial charge on any atom is -0.369 e. The Morgan fingerprint density at radius 3 is 2.65 bits per heavy atom. The van der Waals surface area contributed by atoms with Crippen LogP contribution in [0, 0.1) is 5.41 Å². The first-order valence-electron chi connectivity index (χ1n) is 5.67. The number of rotatable bonds is 6. The fourth-order valence-corrected chi connectivity index (χ4v) is 2.17. The third-order valence-electron chi connectivity index (χ3n) is 2.34. The number of nitrogens with one attached hydrogen (secondary N) is 1. The molecule has 96 valence electrons. The molecule has 0 amide bonds. The summed E-state index contributed by atoms with van der Waals surface area (Å²) >= 11 is 1.63. The van der Waals surface area contributed by atoms with Gasteiger partial charge in [0.05, 0.1) is 0 Å². The first-order chi connectivity index (χ1) is 7.93. The average Bonchev–Trinajstić information content (AvgIpc) is 2.25. The molecule has 0 bridgehead atoms. The van der Waals surface area contributed by atoms with Crippen molar-refractivity contribution < 1.29 is 0 Å². The third-order valence-corrected chi connectivity index (χ3v) is 2.98. The summed E-state index contributed by atoms with van der Waals surface area (Å²) in [6, 6.07) is 1.98. The van der Waals surface area contributed by atoms with E-state index >= 15 is 0 Å². The molecule has 0 saturated heterocycles. The normalized spacial score (nSPS) is 11.9. The second-order valence-corrected chi connectivity index (χ2v) is 6.03. The topological polar surface area (TPSA) is 41.0 Å². The number of hydrogen-bond acceptors (Lipinski definition) is 5. The molecule has 0 aliphatic heterocycles. The van der Waals surface area contributed by atoms with E-state index in [-0.39, 0.29) is 5.41 Å². The van der Waals surface area contributed by atoms with Gasteiger partial charge >= 0.3 is 0 Å². The third kappa shape index (κ3) is 5.37. The molecule has 1 rings (SSSR count). The summed E-state index contributed by atoms with van der Waals surface area (Å²) in [5.74, 6) is 0.899. The molecule has 1 N–H and O–H groups in total. The predicted octanol–water partition coefficient (Wildman–Crippen LogP) is 2.20. The van der Waals surface area contributed by atoms with Gasteiger partial charge in [-0.05, 0) is 25.8 Å². The molecule has 0 spiro atoms. The van der Waals surface area contributed by atoms with Gasteiger partial charge in [0.1, 0.15) is 17.2 Å². The molecule has 0 unspecified atom stereocenters. The average molecular weight is 254 g/mol. The molecule has 1 aromatic rings. The first kappa shape index (κ1) is 14.3. The van der Waals surface area contributed by atoms with Gasteiger partial charge < -0.3 is 10.2 Å². The maximum Gasteiger partial charge on any atom is 0.130 e. The highest BCUT2D eigenvalue weighted by Crippen LogP contribution is 2.18. The van der Waals surface area contributed by atoms with Gasteiger partial charge in [-0.25, -0.2) is 9.97 Å². The van der Waals surface area contributed by atoms with Gasteiger partial charge in [-0.1, -0.05) is 13.8 Å². The van der Waals surface area contributed by atoms with Crippen molar-refractivity contribution in [2.24, 2.45) is 5.41 Å². The molecule has 5 heteroatoms. The van der Waals surface area contributed by atoms with Gasteiger partial charge in [-0.15, -0.1) is 11.8 Å². The van der Waals surface area contributed by atoms with Crippen molar-refractivity contribution in [2.75, 3.05) is 38.8 Å². The van der Waals surface area contributed by atoms with Gasteiger partial charge in [-0.2, -0.15) is 0 Å². The summed E-state index contributed by atoms with van der Waals surface area (Å²) in [5.41, 5.74) is 0.216. The minimum atomic E-state index is 0.216. The Labute approximate surface area is 108 Å². The Morgan fingerprint density at radius 1 is 1.35 bits per heavy atom. The van der Waals surface area contributed by atoms with Crippen LogP contribution in [0.1, 0.15) is 13.8 Å². The smallest absolute Gasteiger partial charge is 0.130 e. The molecule has 0 radical (unpaired) electrons. The zero-order valence-electron chi connectivity index (χ0n) is 11.3. The van der Waals surface area contributed by atoms with Crippen LogP contribution in [0.15, 0.2) is 17.4 Å². The number of nitrogens with zero attached hydrogens (tertiary/aromatic N) is 3. The van der Waals surface area contributed by atoms with E-state index in [9.17, 15) is 0 Å². The molecular weight excluding hydrogens is 232 g/mol. The quantitative estimate of drug-likeness (QED) is 0.622. The van der Waals surface area contributed by atoms with E-state index in [1.54, 1.807) is 18.1 Å². The maximum absolute atomic E-state index is 4.22. The van der Waals surface area contributed by atoms with E-state index < -0.39 is 0 Å². The van der Waals surface area contributed by atoms with Crippen LogP contribution in [0.2, 0.25) is 0 Å². The van der Waals surface area contributed by atoms with Gasteiger partial charge in [0, 0.05) is 19.2 Å². The Balaban J connectivity index is 2.54. The lowest BCUT2D eigenvalue weighted by molar-refractivity contribution is 0.254. The summed E-state index contributed by atoms with van der Waals surface area (Å²) in [6.45, 7) is 6.43. The zero-order valence-corrected chi connectivity index (χ0v) is 12.1. The molecular formula is C12H22N4S. The SMILES string of the molecule is CSc1cc(NCC(C)(C)CN(C)C)ncn1. The molecule has 1 heterocycles. The van der Waals surface area contributed by atoms with Crippen molar-refractivity contribution in [3.63, 3.8) is 0 Å². The maximum atomic E-state index is 4.22. The summed E-state index contributed by atoms with van der Waals surface area (Å²) in [6.07, 6.45) is 3.62. The largest absolute Gasteiger partial charge is 0.369 e. The zero-order chi connectivity index (χ0) is 12.9. The molecule has 0 aliphatic carbocycles. The van der Waals surface area contributed by atoms with Crippen molar-refractivity contribution in [3.8, 4) is 0 Å². The molecule has 0 fully saturated rings. The molecule has 4 nitrogen and oxygen atoms in total. The van der Waals surface area contributed by atoms with Crippen molar-refractivity contribution in [2.45, 2.75) is 18.9 Å². The van der Waals surface area contributed by atoms with Crippen LogP contribution in [0.4, 0.5) is 5.82 Å². The van der Waals surface area contributed by atoms with Crippen LogP contribution in [0.3, 0.4) is 0 Å². The minimum absolute atomic E-state index is 0.216. The van der Waals surface area contributed by atoms with Crippen molar-refractivity contribution in [1.82, 2.24) is 14.9 Å². The fourth-order valence-electron chi connectivity index (χ4n) is 1.79. The van der Waals surface area contributed by atoms with Gasteiger partial charge in [0.2, 0.25) is 0 Å². The number of aromatic nitrogens is 2. The van der Waals surface area contributed by atoms with Crippen LogP contribution in [0.5, 0.6) is 0 Å². The Hall–Kier alpha value is -0.810. The lowest BCUT2D eigenvalue weighted by Gasteiger charge is -2.28. The summed E-state index contributed by atoms with van der Waals surface area (Å²) in [5, 5.41) is 4.37. The second-order valence-electron chi connectivity index (χ2n) is 5.20. The number of anilines is 1. The van der Waals surface area contributed by atoms with Crippen LogP contribution in [-0.4, -0.2) is 48.3 Å². The fraction of sp³-hybridized carbons (Fsp3) is 0.667. The van der Waals surface area contributed by atoms with E-state index in [1.807, 2.05) is 12.3 Å². The molecule has 0 aromatic carbocycles. The Bertz CT molecular complexity index is 352. The Morgan fingerprint density at radius 2 is 2.06 bits per heavy atom.